The van der Waals surface area contributed by atoms with Gasteiger partial charge in [-0.05, 0) is 6.07 Å². The van der Waals surface area contributed by atoms with Crippen LogP contribution in [0.5, 0.6) is 0 Å². The first-order valence-electron chi connectivity index (χ1n) is 7.43. The molecule has 0 spiro atoms. The predicted octanol–water partition coefficient (Wildman–Crippen LogP) is 3.08. The number of anilines is 1. The number of benzene rings is 1. The molecule has 3 rings (SSSR count). The number of hydrogen-bond donors (Lipinski definition) is 1. The highest BCUT2D eigenvalue weighted by Crippen LogP contribution is 2.29. The number of alkyl halides is 3. The van der Waals surface area contributed by atoms with Gasteiger partial charge >= 0.3 is 6.18 Å². The zero-order valence-corrected chi connectivity index (χ0v) is 13.5. The number of carbonyl (C=O) groups excluding carboxylic acids is 1. The second kappa shape index (κ2) is 6.62. The molecule has 1 N–H and O–H groups in total. The van der Waals surface area contributed by atoms with Gasteiger partial charge in [0.1, 0.15) is 11.5 Å². The Hall–Kier alpha value is -3.17. The van der Waals surface area contributed by atoms with Gasteiger partial charge in [0.2, 0.25) is 0 Å². The highest BCUT2D eigenvalue weighted by molar-refractivity contribution is 6.02. The fraction of sp³-hybridized carbons (Fsp3) is 0.188. The number of nitrogens with zero attached hydrogens (tertiary/aromatic N) is 4. The number of nitrogens with one attached hydrogen (secondary N) is 1. The van der Waals surface area contributed by atoms with Crippen LogP contribution in [0.4, 0.5) is 23.4 Å². The maximum Gasteiger partial charge on any atom is 0.433 e. The topological polar surface area (TPSA) is 64.7 Å². The van der Waals surface area contributed by atoms with Gasteiger partial charge in [0.25, 0.3) is 5.91 Å². The maximum atomic E-state index is 13.6. The molecule has 26 heavy (non-hydrogen) atoms. The molecule has 3 aromatic rings. The third-order valence-corrected chi connectivity index (χ3v) is 3.58. The van der Waals surface area contributed by atoms with Crippen LogP contribution in [-0.4, -0.2) is 25.5 Å². The molecule has 0 atom stereocenters. The van der Waals surface area contributed by atoms with E-state index in [2.05, 4.69) is 15.5 Å². The van der Waals surface area contributed by atoms with E-state index in [9.17, 15) is 22.4 Å². The first-order chi connectivity index (χ1) is 12.2. The van der Waals surface area contributed by atoms with E-state index in [4.69, 9.17) is 0 Å². The van der Waals surface area contributed by atoms with Crippen LogP contribution in [0, 0.1) is 5.82 Å². The number of aryl methyl sites for hydroxylation is 1. The van der Waals surface area contributed by atoms with Crippen LogP contribution in [0.1, 0.15) is 21.7 Å². The molecule has 0 aliphatic rings. The summed E-state index contributed by atoms with van der Waals surface area (Å²) in [4.78, 5) is 12.1. The lowest BCUT2D eigenvalue weighted by molar-refractivity contribution is -0.143. The van der Waals surface area contributed by atoms with Gasteiger partial charge in [0, 0.05) is 30.9 Å². The lowest BCUT2D eigenvalue weighted by Crippen LogP contribution is -2.14. The Kier molecular flexibility index (Phi) is 4.49. The minimum atomic E-state index is -4.61. The van der Waals surface area contributed by atoms with Crippen molar-refractivity contribution in [2.24, 2.45) is 7.05 Å². The number of aromatic nitrogens is 4. The minimum absolute atomic E-state index is 0.116. The summed E-state index contributed by atoms with van der Waals surface area (Å²) >= 11 is 0. The Labute approximate surface area is 145 Å². The minimum Gasteiger partial charge on any atom is -0.304 e. The van der Waals surface area contributed by atoms with E-state index in [1.807, 2.05) is 0 Å². The van der Waals surface area contributed by atoms with E-state index < -0.39 is 17.8 Å². The Bertz CT molecular complexity index is 944. The van der Waals surface area contributed by atoms with Crippen LogP contribution in [0.2, 0.25) is 0 Å². The molecule has 0 aliphatic carbocycles. The third-order valence-electron chi connectivity index (χ3n) is 3.58. The summed E-state index contributed by atoms with van der Waals surface area (Å²) in [6, 6.07) is 8.28. The molecular weight excluding hydrogens is 354 g/mol. The van der Waals surface area contributed by atoms with Crippen molar-refractivity contribution in [3.05, 3.63) is 65.4 Å². The van der Waals surface area contributed by atoms with Crippen molar-refractivity contribution in [3.8, 4) is 0 Å². The molecule has 0 fully saturated rings. The van der Waals surface area contributed by atoms with Gasteiger partial charge in [-0.1, -0.05) is 18.2 Å². The third kappa shape index (κ3) is 3.73. The van der Waals surface area contributed by atoms with Gasteiger partial charge in [-0.25, -0.2) is 4.39 Å². The van der Waals surface area contributed by atoms with E-state index >= 15 is 0 Å². The highest BCUT2D eigenvalue weighted by Gasteiger charge is 2.35. The van der Waals surface area contributed by atoms with Gasteiger partial charge in [0.05, 0.1) is 6.54 Å². The summed E-state index contributed by atoms with van der Waals surface area (Å²) in [5, 5.41) is 9.97. The van der Waals surface area contributed by atoms with E-state index in [1.54, 1.807) is 18.2 Å². The van der Waals surface area contributed by atoms with Gasteiger partial charge in [0.15, 0.2) is 11.5 Å². The quantitative estimate of drug-likeness (QED) is 0.721. The Balaban J connectivity index is 1.71. The number of hydrogen-bond acceptors (Lipinski definition) is 3. The molecule has 1 amide bonds. The van der Waals surface area contributed by atoms with Crippen LogP contribution in [0.25, 0.3) is 0 Å². The molecule has 0 saturated carbocycles. The summed E-state index contributed by atoms with van der Waals surface area (Å²) in [7, 11) is 1.10. The van der Waals surface area contributed by atoms with Crippen molar-refractivity contribution in [2.75, 3.05) is 5.32 Å². The normalized spacial score (nSPS) is 11.6. The van der Waals surface area contributed by atoms with E-state index in [0.29, 0.717) is 16.3 Å². The molecule has 136 valence electrons. The molecule has 10 heteroatoms. The standard InChI is InChI=1S/C16H13F4N5O/c1-24-13(16(18,19)20)8-12(22-24)15(26)21-14-6-7-25(23-14)9-10-4-2-3-5-11(10)17/h2-8H,9H2,1H3,(H,21,23,26). The van der Waals surface area contributed by atoms with Crippen LogP contribution < -0.4 is 5.32 Å². The SMILES string of the molecule is Cn1nc(C(=O)Nc2ccn(Cc3ccccc3F)n2)cc1C(F)(F)F. The molecule has 0 saturated heterocycles. The number of rotatable bonds is 4. The van der Waals surface area contributed by atoms with Gasteiger partial charge < -0.3 is 5.32 Å². The van der Waals surface area contributed by atoms with Crippen molar-refractivity contribution in [3.63, 3.8) is 0 Å². The average molecular weight is 367 g/mol. The fourth-order valence-corrected chi connectivity index (χ4v) is 2.34. The molecule has 0 radical (unpaired) electrons. The summed E-state index contributed by atoms with van der Waals surface area (Å²) in [5.41, 5.74) is -1.01. The number of carbonyl (C=O) groups is 1. The summed E-state index contributed by atoms with van der Waals surface area (Å²) < 4.78 is 53.9. The van der Waals surface area contributed by atoms with Crippen LogP contribution in [0.3, 0.4) is 0 Å². The van der Waals surface area contributed by atoms with Gasteiger partial charge in [-0.2, -0.15) is 23.4 Å². The van der Waals surface area contributed by atoms with Crippen molar-refractivity contribution >= 4 is 11.7 Å². The highest BCUT2D eigenvalue weighted by atomic mass is 19.4. The van der Waals surface area contributed by atoms with Crippen LogP contribution in [0.15, 0.2) is 42.6 Å². The Morgan fingerprint density at radius 3 is 2.58 bits per heavy atom. The van der Waals surface area contributed by atoms with Crippen LogP contribution >= 0.6 is 0 Å². The monoisotopic (exact) mass is 367 g/mol. The Morgan fingerprint density at radius 2 is 1.92 bits per heavy atom. The molecule has 1 aromatic carbocycles. The summed E-state index contributed by atoms with van der Waals surface area (Å²) in [6.07, 6.45) is -3.09. The average Bonchev–Trinajstić information content (AvgIpc) is 3.16. The molecule has 2 aromatic heterocycles. The van der Waals surface area contributed by atoms with Crippen molar-refractivity contribution in [1.29, 1.82) is 0 Å². The van der Waals surface area contributed by atoms with Crippen LogP contribution in [-0.2, 0) is 19.8 Å². The number of amides is 1. The van der Waals surface area contributed by atoms with E-state index in [-0.39, 0.29) is 23.9 Å². The molecule has 2 heterocycles. The molecule has 0 bridgehead atoms. The predicted molar refractivity (Wildman–Crippen MR) is 83.9 cm³/mol. The van der Waals surface area contributed by atoms with E-state index in [1.165, 1.54) is 23.0 Å². The van der Waals surface area contributed by atoms with Crippen molar-refractivity contribution < 1.29 is 22.4 Å². The molecular formula is C16H13F4N5O. The molecule has 0 aliphatic heterocycles. The first-order valence-corrected chi connectivity index (χ1v) is 7.43. The lowest BCUT2D eigenvalue weighted by atomic mass is 10.2. The number of halogens is 4. The zero-order chi connectivity index (χ0) is 18.9. The summed E-state index contributed by atoms with van der Waals surface area (Å²) in [6.45, 7) is 0.143. The molecule has 6 nitrogen and oxygen atoms in total. The Morgan fingerprint density at radius 1 is 1.19 bits per heavy atom. The van der Waals surface area contributed by atoms with Gasteiger partial charge in [-0.15, -0.1) is 0 Å². The zero-order valence-electron chi connectivity index (χ0n) is 13.5. The van der Waals surface area contributed by atoms with Crippen molar-refractivity contribution in [2.45, 2.75) is 12.7 Å². The first kappa shape index (κ1) is 17.6. The second-order valence-electron chi connectivity index (χ2n) is 5.48. The van der Waals surface area contributed by atoms with E-state index in [0.717, 1.165) is 7.05 Å². The largest absolute Gasteiger partial charge is 0.433 e. The summed E-state index contributed by atoms with van der Waals surface area (Å²) in [5.74, 6) is -1.10. The lowest BCUT2D eigenvalue weighted by Gasteiger charge is -2.04. The maximum absolute atomic E-state index is 13.6. The smallest absolute Gasteiger partial charge is 0.304 e. The molecule has 0 unspecified atom stereocenters. The van der Waals surface area contributed by atoms with Gasteiger partial charge in [-0.3, -0.25) is 14.2 Å². The van der Waals surface area contributed by atoms with Crippen molar-refractivity contribution in [1.82, 2.24) is 19.6 Å². The second-order valence-corrected chi connectivity index (χ2v) is 5.48. The fourth-order valence-electron chi connectivity index (χ4n) is 2.34.